The Morgan fingerprint density at radius 3 is 2.85 bits per heavy atom. The van der Waals surface area contributed by atoms with E-state index in [9.17, 15) is 0 Å². The van der Waals surface area contributed by atoms with Crippen molar-refractivity contribution in [2.75, 3.05) is 18.7 Å². The Bertz CT molecular complexity index is 1390. The number of rotatable bonds is 6. The predicted molar refractivity (Wildman–Crippen MR) is 130 cm³/mol. The van der Waals surface area contributed by atoms with E-state index < -0.39 is 0 Å². The minimum atomic E-state index is 0.261. The molecule has 0 unspecified atom stereocenters. The Morgan fingerprint density at radius 1 is 1.06 bits per heavy atom. The molecule has 0 bridgehead atoms. The lowest BCUT2D eigenvalue weighted by molar-refractivity contribution is 0.174. The van der Waals surface area contributed by atoms with Gasteiger partial charge in [-0.2, -0.15) is 9.61 Å². The van der Waals surface area contributed by atoms with Gasteiger partial charge in [-0.1, -0.05) is 44.2 Å². The van der Waals surface area contributed by atoms with Gasteiger partial charge in [0.2, 0.25) is 6.79 Å². The highest BCUT2D eigenvalue weighted by molar-refractivity contribution is 5.74. The third kappa shape index (κ3) is 3.52. The summed E-state index contributed by atoms with van der Waals surface area (Å²) in [5.74, 6) is 2.80. The molecule has 2 aliphatic rings. The number of anilines is 1. The van der Waals surface area contributed by atoms with Crippen LogP contribution in [0.4, 0.5) is 5.82 Å². The van der Waals surface area contributed by atoms with Crippen molar-refractivity contribution in [3.8, 4) is 22.8 Å². The molecule has 0 amide bonds. The summed E-state index contributed by atoms with van der Waals surface area (Å²) in [4.78, 5) is 4.98. The van der Waals surface area contributed by atoms with Crippen LogP contribution in [0.5, 0.6) is 11.5 Å². The average molecular weight is 439 g/mol. The second-order valence-electron chi connectivity index (χ2n) is 8.85. The van der Waals surface area contributed by atoms with Gasteiger partial charge in [0.05, 0.1) is 11.9 Å². The first kappa shape index (κ1) is 19.9. The summed E-state index contributed by atoms with van der Waals surface area (Å²) in [7, 11) is 0. The molecule has 4 aromatic rings. The van der Waals surface area contributed by atoms with Gasteiger partial charge in [-0.25, -0.2) is 4.98 Å². The SMILES string of the molecule is CC(C)c1cnn2c(NCCC3=CCc4ccccc43)cc(-c3ccc4c(c3)OCO4)nc12. The Hall–Kier alpha value is -3.80. The number of aromatic nitrogens is 3. The monoisotopic (exact) mass is 438 g/mol. The van der Waals surface area contributed by atoms with Crippen molar-refractivity contribution < 1.29 is 9.47 Å². The summed E-state index contributed by atoms with van der Waals surface area (Å²) in [6, 6.07) is 16.7. The zero-order chi connectivity index (χ0) is 22.4. The van der Waals surface area contributed by atoms with Crippen molar-refractivity contribution in [1.29, 1.82) is 0 Å². The molecule has 0 fully saturated rings. The lowest BCUT2D eigenvalue weighted by Crippen LogP contribution is -2.09. The number of ether oxygens (including phenoxy) is 2. The number of benzene rings is 2. The van der Waals surface area contributed by atoms with E-state index in [2.05, 4.69) is 60.7 Å². The standard InChI is InChI=1S/C27H26N4O2/c1-17(2)22-15-29-31-26(28-12-11-19-8-7-18-5-3-4-6-21(18)19)14-23(30-27(22)31)20-9-10-24-25(13-20)33-16-32-24/h3-6,8-10,13-15,17,28H,7,11-12,16H2,1-2H3. The van der Waals surface area contributed by atoms with Crippen LogP contribution < -0.4 is 14.8 Å². The molecule has 1 aliphatic heterocycles. The van der Waals surface area contributed by atoms with Gasteiger partial charge in [0.15, 0.2) is 17.1 Å². The summed E-state index contributed by atoms with van der Waals surface area (Å²) in [5.41, 5.74) is 8.09. The molecule has 1 aliphatic carbocycles. The van der Waals surface area contributed by atoms with Crippen LogP contribution in [0.1, 0.15) is 42.9 Å². The number of hydrogen-bond acceptors (Lipinski definition) is 5. The van der Waals surface area contributed by atoms with Crippen LogP contribution in [0, 0.1) is 0 Å². The van der Waals surface area contributed by atoms with Crippen LogP contribution >= 0.6 is 0 Å². The summed E-state index contributed by atoms with van der Waals surface area (Å²) >= 11 is 0. The van der Waals surface area contributed by atoms with Crippen molar-refractivity contribution in [2.24, 2.45) is 0 Å². The number of allylic oxidation sites excluding steroid dienone is 1. The van der Waals surface area contributed by atoms with Gasteiger partial charge < -0.3 is 14.8 Å². The zero-order valence-corrected chi connectivity index (χ0v) is 18.8. The molecule has 6 nitrogen and oxygen atoms in total. The number of nitrogens with one attached hydrogen (secondary N) is 1. The van der Waals surface area contributed by atoms with Crippen molar-refractivity contribution in [2.45, 2.75) is 32.6 Å². The van der Waals surface area contributed by atoms with Crippen LogP contribution in [-0.2, 0) is 6.42 Å². The molecular weight excluding hydrogens is 412 g/mol. The van der Waals surface area contributed by atoms with E-state index in [1.54, 1.807) is 0 Å². The predicted octanol–water partition coefficient (Wildman–Crippen LogP) is 5.69. The second kappa shape index (κ2) is 7.96. The fourth-order valence-electron chi connectivity index (χ4n) is 4.63. The van der Waals surface area contributed by atoms with E-state index in [1.165, 1.54) is 16.7 Å². The van der Waals surface area contributed by atoms with Gasteiger partial charge in [-0.15, -0.1) is 0 Å². The summed E-state index contributed by atoms with van der Waals surface area (Å²) < 4.78 is 13.0. The van der Waals surface area contributed by atoms with Crippen molar-refractivity contribution in [1.82, 2.24) is 14.6 Å². The largest absolute Gasteiger partial charge is 0.454 e. The van der Waals surface area contributed by atoms with Gasteiger partial charge in [-0.3, -0.25) is 0 Å². The van der Waals surface area contributed by atoms with Crippen LogP contribution in [-0.4, -0.2) is 27.9 Å². The Balaban J connectivity index is 1.32. The van der Waals surface area contributed by atoms with E-state index >= 15 is 0 Å². The van der Waals surface area contributed by atoms with Gasteiger partial charge in [0, 0.05) is 23.7 Å². The molecule has 1 N–H and O–H groups in total. The molecule has 6 rings (SSSR count). The lowest BCUT2D eigenvalue weighted by atomic mass is 10.0. The molecule has 0 radical (unpaired) electrons. The van der Waals surface area contributed by atoms with Crippen molar-refractivity contribution in [3.63, 3.8) is 0 Å². The Morgan fingerprint density at radius 2 is 1.94 bits per heavy atom. The third-order valence-corrected chi connectivity index (χ3v) is 6.42. The summed E-state index contributed by atoms with van der Waals surface area (Å²) in [6.45, 7) is 5.42. The Labute approximate surface area is 192 Å². The molecule has 2 aromatic carbocycles. The van der Waals surface area contributed by atoms with Crippen molar-refractivity contribution in [3.05, 3.63) is 77.5 Å². The maximum absolute atomic E-state index is 5.59. The zero-order valence-electron chi connectivity index (χ0n) is 18.8. The van der Waals surface area contributed by atoms with Crippen LogP contribution in [0.3, 0.4) is 0 Å². The van der Waals surface area contributed by atoms with Crippen LogP contribution in [0.25, 0.3) is 22.5 Å². The fourth-order valence-corrected chi connectivity index (χ4v) is 4.63. The summed E-state index contributed by atoms with van der Waals surface area (Å²) in [6.07, 6.45) is 6.25. The lowest BCUT2D eigenvalue weighted by Gasteiger charge is -2.13. The van der Waals surface area contributed by atoms with Crippen LogP contribution in [0.15, 0.2) is 60.8 Å². The van der Waals surface area contributed by atoms with E-state index in [0.29, 0.717) is 5.92 Å². The third-order valence-electron chi connectivity index (χ3n) is 6.42. The first-order valence-corrected chi connectivity index (χ1v) is 11.5. The van der Waals surface area contributed by atoms with E-state index in [4.69, 9.17) is 14.5 Å². The van der Waals surface area contributed by atoms with Gasteiger partial charge in [0.25, 0.3) is 0 Å². The molecule has 166 valence electrons. The number of fused-ring (bicyclic) bond motifs is 3. The normalized spacial score (nSPS) is 14.1. The van der Waals surface area contributed by atoms with Gasteiger partial charge >= 0.3 is 0 Å². The van der Waals surface area contributed by atoms with E-state index in [1.807, 2.05) is 28.9 Å². The minimum absolute atomic E-state index is 0.261. The smallest absolute Gasteiger partial charge is 0.231 e. The van der Waals surface area contributed by atoms with Crippen molar-refractivity contribution >= 4 is 17.0 Å². The second-order valence-corrected chi connectivity index (χ2v) is 8.85. The number of hydrogen-bond donors (Lipinski definition) is 1. The number of nitrogens with zero attached hydrogens (tertiary/aromatic N) is 3. The maximum Gasteiger partial charge on any atom is 0.231 e. The highest BCUT2D eigenvalue weighted by Crippen LogP contribution is 2.36. The Kier molecular flexibility index (Phi) is 4.79. The molecular formula is C27H26N4O2. The highest BCUT2D eigenvalue weighted by Gasteiger charge is 2.18. The average Bonchev–Trinajstić information content (AvgIpc) is 3.56. The quantitative estimate of drug-likeness (QED) is 0.419. The van der Waals surface area contributed by atoms with Crippen LogP contribution in [0.2, 0.25) is 0 Å². The molecule has 0 spiro atoms. The molecule has 0 atom stereocenters. The first-order valence-electron chi connectivity index (χ1n) is 11.5. The molecule has 0 saturated carbocycles. The highest BCUT2D eigenvalue weighted by atomic mass is 16.7. The maximum atomic E-state index is 5.59. The van der Waals surface area contributed by atoms with E-state index in [0.717, 1.165) is 59.2 Å². The molecule has 0 saturated heterocycles. The van der Waals surface area contributed by atoms with E-state index in [-0.39, 0.29) is 6.79 Å². The van der Waals surface area contributed by atoms with Gasteiger partial charge in [0.1, 0.15) is 5.82 Å². The first-order chi connectivity index (χ1) is 16.2. The molecule has 3 heterocycles. The molecule has 33 heavy (non-hydrogen) atoms. The topological polar surface area (TPSA) is 60.7 Å². The molecule has 6 heteroatoms. The summed E-state index contributed by atoms with van der Waals surface area (Å²) in [5, 5.41) is 8.28. The fraction of sp³-hybridized carbons (Fsp3) is 0.259. The van der Waals surface area contributed by atoms with Gasteiger partial charge in [-0.05, 0) is 53.7 Å². The minimum Gasteiger partial charge on any atom is -0.454 e. The molecule has 2 aromatic heterocycles.